The van der Waals surface area contributed by atoms with Gasteiger partial charge < -0.3 is 19.9 Å². The molecule has 0 aliphatic rings. The normalized spacial score (nSPS) is 12.4. The largest absolute Gasteiger partial charge is 0.496 e. The number of hydrogen-bond acceptors (Lipinski definition) is 4. The molecule has 1 rings (SSSR count). The number of alkyl carbamates (subject to hydrolysis) is 1. The van der Waals surface area contributed by atoms with Crippen LogP contribution < -0.4 is 10.1 Å². The van der Waals surface area contributed by atoms with Crippen LogP contribution in [0.3, 0.4) is 0 Å². The van der Waals surface area contributed by atoms with Gasteiger partial charge in [0.05, 0.1) is 7.11 Å². The van der Waals surface area contributed by atoms with E-state index in [0.29, 0.717) is 11.3 Å². The fourth-order valence-corrected chi connectivity index (χ4v) is 1.96. The molecule has 0 spiro atoms. The van der Waals surface area contributed by atoms with Gasteiger partial charge in [0, 0.05) is 10.0 Å². The van der Waals surface area contributed by atoms with Crippen LogP contribution in [-0.2, 0) is 9.53 Å². The second-order valence-corrected chi connectivity index (χ2v) is 6.22. The van der Waals surface area contributed by atoms with Crippen molar-refractivity contribution in [1.82, 2.24) is 5.32 Å². The number of carbonyl (C=O) groups is 2. The fraction of sp³-hybridized carbons (Fsp3) is 0.429. The fourth-order valence-electron chi connectivity index (χ4n) is 1.62. The number of benzene rings is 1. The molecule has 1 aromatic rings. The first kappa shape index (κ1) is 17.3. The minimum atomic E-state index is -1.26. The summed E-state index contributed by atoms with van der Waals surface area (Å²) in [6.07, 6.45) is -0.806. The van der Waals surface area contributed by atoms with E-state index in [0.717, 1.165) is 4.47 Å². The van der Waals surface area contributed by atoms with Crippen LogP contribution in [0.4, 0.5) is 4.79 Å². The lowest BCUT2D eigenvalue weighted by atomic mass is 10.1. The first-order valence-corrected chi connectivity index (χ1v) is 6.99. The predicted octanol–water partition coefficient (Wildman–Crippen LogP) is 3.11. The maximum atomic E-state index is 11.8. The number of carbonyl (C=O) groups excluding carboxylic acids is 1. The number of methoxy groups -OCH3 is 1. The number of nitrogens with one attached hydrogen (secondary N) is 1. The van der Waals surface area contributed by atoms with Crippen LogP contribution in [-0.4, -0.2) is 29.9 Å². The molecule has 116 valence electrons. The number of amides is 1. The highest BCUT2D eigenvalue weighted by Crippen LogP contribution is 2.29. The van der Waals surface area contributed by atoms with Crippen molar-refractivity contribution >= 4 is 28.0 Å². The summed E-state index contributed by atoms with van der Waals surface area (Å²) in [4.78, 5) is 23.2. The average molecular weight is 360 g/mol. The van der Waals surface area contributed by atoms with E-state index in [1.807, 2.05) is 0 Å². The summed E-state index contributed by atoms with van der Waals surface area (Å²) in [6, 6.07) is 3.61. The van der Waals surface area contributed by atoms with E-state index in [1.54, 1.807) is 39.0 Å². The Hall–Kier alpha value is -1.76. The highest BCUT2D eigenvalue weighted by atomic mass is 79.9. The molecular formula is C14H18BrNO5. The van der Waals surface area contributed by atoms with E-state index >= 15 is 0 Å². The number of rotatable bonds is 4. The number of halogens is 1. The Morgan fingerprint density at radius 1 is 1.33 bits per heavy atom. The Morgan fingerprint density at radius 3 is 2.43 bits per heavy atom. The van der Waals surface area contributed by atoms with Crippen LogP contribution in [0.5, 0.6) is 5.75 Å². The number of hydrogen-bond donors (Lipinski definition) is 2. The van der Waals surface area contributed by atoms with Gasteiger partial charge in [-0.2, -0.15) is 0 Å². The number of carboxylic acids is 1. The molecule has 0 saturated carbocycles. The van der Waals surface area contributed by atoms with E-state index in [4.69, 9.17) is 9.47 Å². The zero-order valence-corrected chi connectivity index (χ0v) is 13.9. The van der Waals surface area contributed by atoms with E-state index in [9.17, 15) is 14.7 Å². The first-order valence-electron chi connectivity index (χ1n) is 6.20. The molecule has 0 aromatic heterocycles. The summed E-state index contributed by atoms with van der Waals surface area (Å²) in [5.74, 6) is -0.852. The van der Waals surface area contributed by atoms with Crippen LogP contribution >= 0.6 is 15.9 Å². The Labute approximate surface area is 131 Å². The van der Waals surface area contributed by atoms with Crippen LogP contribution in [0.2, 0.25) is 0 Å². The minimum absolute atomic E-state index is 0.332. The van der Waals surface area contributed by atoms with Crippen molar-refractivity contribution in [3.63, 3.8) is 0 Å². The Kier molecular flexibility index (Phi) is 5.60. The van der Waals surface area contributed by atoms with Gasteiger partial charge in [-0.15, -0.1) is 0 Å². The summed E-state index contributed by atoms with van der Waals surface area (Å²) >= 11 is 3.27. The van der Waals surface area contributed by atoms with Gasteiger partial charge in [0.25, 0.3) is 0 Å². The molecule has 1 atom stereocenters. The van der Waals surface area contributed by atoms with E-state index in [2.05, 4.69) is 21.2 Å². The highest BCUT2D eigenvalue weighted by Gasteiger charge is 2.27. The maximum Gasteiger partial charge on any atom is 0.408 e. The zero-order valence-electron chi connectivity index (χ0n) is 12.3. The molecule has 2 N–H and O–H groups in total. The molecular weight excluding hydrogens is 342 g/mol. The molecule has 0 bridgehead atoms. The summed E-state index contributed by atoms with van der Waals surface area (Å²) < 4.78 is 11.0. The van der Waals surface area contributed by atoms with Gasteiger partial charge in [0.15, 0.2) is 6.04 Å². The van der Waals surface area contributed by atoms with Crippen LogP contribution in [0, 0.1) is 0 Å². The van der Waals surface area contributed by atoms with Crippen molar-refractivity contribution in [3.8, 4) is 5.75 Å². The summed E-state index contributed by atoms with van der Waals surface area (Å²) in [5.41, 5.74) is -0.379. The van der Waals surface area contributed by atoms with Crippen molar-refractivity contribution in [2.24, 2.45) is 0 Å². The molecule has 6 nitrogen and oxygen atoms in total. The van der Waals surface area contributed by atoms with Gasteiger partial charge in [-0.1, -0.05) is 22.0 Å². The Morgan fingerprint density at radius 2 is 1.95 bits per heavy atom. The molecule has 0 saturated heterocycles. The second-order valence-electron chi connectivity index (χ2n) is 5.30. The Bertz CT molecular complexity index is 539. The van der Waals surface area contributed by atoms with E-state index in [-0.39, 0.29) is 0 Å². The molecule has 0 aliphatic heterocycles. The average Bonchev–Trinajstić information content (AvgIpc) is 2.33. The molecule has 0 radical (unpaired) electrons. The molecule has 1 unspecified atom stereocenters. The summed E-state index contributed by atoms with van der Waals surface area (Å²) in [6.45, 7) is 5.09. The van der Waals surface area contributed by atoms with E-state index < -0.39 is 23.7 Å². The third-order valence-electron chi connectivity index (χ3n) is 2.41. The lowest BCUT2D eigenvalue weighted by Gasteiger charge is -2.23. The van der Waals surface area contributed by atoms with E-state index in [1.165, 1.54) is 7.11 Å². The van der Waals surface area contributed by atoms with Crippen LogP contribution in [0.15, 0.2) is 22.7 Å². The van der Waals surface area contributed by atoms with Crippen molar-refractivity contribution in [2.75, 3.05) is 7.11 Å². The van der Waals surface area contributed by atoms with Crippen molar-refractivity contribution < 1.29 is 24.2 Å². The molecule has 0 aliphatic carbocycles. The third kappa shape index (κ3) is 5.26. The van der Waals surface area contributed by atoms with Crippen molar-refractivity contribution in [3.05, 3.63) is 28.2 Å². The van der Waals surface area contributed by atoms with Crippen LogP contribution in [0.1, 0.15) is 32.4 Å². The maximum absolute atomic E-state index is 11.8. The predicted molar refractivity (Wildman–Crippen MR) is 80.4 cm³/mol. The quantitative estimate of drug-likeness (QED) is 0.862. The lowest BCUT2D eigenvalue weighted by Crippen LogP contribution is -2.38. The number of aliphatic carboxylic acids is 1. The minimum Gasteiger partial charge on any atom is -0.496 e. The molecule has 1 amide bonds. The summed E-state index contributed by atoms with van der Waals surface area (Å²) in [7, 11) is 1.43. The second kappa shape index (κ2) is 6.80. The molecule has 7 heteroatoms. The molecule has 0 heterocycles. The monoisotopic (exact) mass is 359 g/mol. The molecule has 0 fully saturated rings. The topological polar surface area (TPSA) is 84.9 Å². The third-order valence-corrected chi connectivity index (χ3v) is 2.91. The van der Waals surface area contributed by atoms with Crippen molar-refractivity contribution in [1.29, 1.82) is 0 Å². The highest BCUT2D eigenvalue weighted by molar-refractivity contribution is 9.10. The first-order chi connectivity index (χ1) is 9.64. The van der Waals surface area contributed by atoms with Gasteiger partial charge in [0.2, 0.25) is 0 Å². The van der Waals surface area contributed by atoms with Gasteiger partial charge in [-0.3, -0.25) is 0 Å². The number of carboxylic acid groups (broad SMARTS) is 1. The summed E-state index contributed by atoms with van der Waals surface area (Å²) in [5, 5.41) is 11.7. The van der Waals surface area contributed by atoms with Gasteiger partial charge in [0.1, 0.15) is 11.4 Å². The smallest absolute Gasteiger partial charge is 0.408 e. The van der Waals surface area contributed by atoms with Gasteiger partial charge >= 0.3 is 12.1 Å². The van der Waals surface area contributed by atoms with Crippen molar-refractivity contribution in [2.45, 2.75) is 32.4 Å². The van der Waals surface area contributed by atoms with Crippen LogP contribution in [0.25, 0.3) is 0 Å². The zero-order chi connectivity index (χ0) is 16.2. The SMILES string of the molecule is COc1cc(Br)ccc1C(NC(=O)OC(C)(C)C)C(=O)O. The standard InChI is InChI=1S/C14H18BrNO5/c1-14(2,3)21-13(19)16-11(12(17)18)9-6-5-8(15)7-10(9)20-4/h5-7,11H,1-4H3,(H,16,19)(H,17,18). The number of ether oxygens (including phenoxy) is 2. The molecule has 21 heavy (non-hydrogen) atoms. The van der Waals surface area contributed by atoms with Gasteiger partial charge in [-0.05, 0) is 32.9 Å². The Balaban J connectivity index is 3.03. The van der Waals surface area contributed by atoms with Gasteiger partial charge in [-0.25, -0.2) is 9.59 Å². The lowest BCUT2D eigenvalue weighted by molar-refractivity contribution is -0.139. The molecule has 1 aromatic carbocycles.